The summed E-state index contributed by atoms with van der Waals surface area (Å²) < 4.78 is 5.38. The van der Waals surface area contributed by atoms with E-state index in [9.17, 15) is 4.79 Å². The lowest BCUT2D eigenvalue weighted by atomic mass is 10.2. The summed E-state index contributed by atoms with van der Waals surface area (Å²) in [6.45, 7) is 3.92. The number of aromatic nitrogens is 1. The van der Waals surface area contributed by atoms with E-state index in [1.807, 2.05) is 11.8 Å². The van der Waals surface area contributed by atoms with Crippen LogP contribution in [0.2, 0.25) is 0 Å². The van der Waals surface area contributed by atoms with Crippen LogP contribution in [0.15, 0.2) is 24.5 Å². The fourth-order valence-corrected chi connectivity index (χ4v) is 1.67. The first-order chi connectivity index (χ1) is 7.27. The Hall–Kier alpha value is -1.42. The van der Waals surface area contributed by atoms with Crippen LogP contribution in [-0.2, 0) is 4.74 Å². The lowest BCUT2D eigenvalue weighted by Crippen LogP contribution is -2.44. The van der Waals surface area contributed by atoms with Crippen molar-refractivity contribution in [1.29, 1.82) is 0 Å². The highest BCUT2D eigenvalue weighted by atomic mass is 16.5. The van der Waals surface area contributed by atoms with Gasteiger partial charge in [-0.25, -0.2) is 0 Å². The molecule has 0 aliphatic carbocycles. The molecule has 1 fully saturated rings. The molecule has 1 amide bonds. The number of rotatable bonds is 1. The summed E-state index contributed by atoms with van der Waals surface area (Å²) in [6.07, 6.45) is 3.39. The third-order valence-corrected chi connectivity index (χ3v) is 2.44. The van der Waals surface area contributed by atoms with Crippen LogP contribution in [-0.4, -0.2) is 41.6 Å². The van der Waals surface area contributed by atoms with Crippen LogP contribution in [0.1, 0.15) is 17.3 Å². The van der Waals surface area contributed by atoms with Crippen LogP contribution in [0, 0.1) is 0 Å². The average Bonchev–Trinajstić information content (AvgIpc) is 2.29. The molecule has 0 bridgehead atoms. The second-order valence-corrected chi connectivity index (χ2v) is 3.67. The molecule has 0 aromatic carbocycles. The highest BCUT2D eigenvalue weighted by molar-refractivity contribution is 5.93. The monoisotopic (exact) mass is 206 g/mol. The van der Waals surface area contributed by atoms with Crippen molar-refractivity contribution in [1.82, 2.24) is 9.88 Å². The maximum Gasteiger partial charge on any atom is 0.255 e. The van der Waals surface area contributed by atoms with Gasteiger partial charge in [0, 0.05) is 25.5 Å². The van der Waals surface area contributed by atoms with Gasteiger partial charge in [-0.1, -0.05) is 0 Å². The smallest absolute Gasteiger partial charge is 0.255 e. The number of hydrogen-bond acceptors (Lipinski definition) is 3. The van der Waals surface area contributed by atoms with Gasteiger partial charge >= 0.3 is 0 Å². The second-order valence-electron chi connectivity index (χ2n) is 3.67. The maximum atomic E-state index is 12.0. The van der Waals surface area contributed by atoms with Crippen LogP contribution in [0.5, 0.6) is 0 Å². The highest BCUT2D eigenvalue weighted by Crippen LogP contribution is 2.09. The first kappa shape index (κ1) is 10.1. The summed E-state index contributed by atoms with van der Waals surface area (Å²) in [5, 5.41) is 0. The van der Waals surface area contributed by atoms with Crippen LogP contribution >= 0.6 is 0 Å². The minimum Gasteiger partial charge on any atom is -0.375 e. The standard InChI is InChI=1S/C11H14N2O2/c1-9-8-13(5-6-15-9)11(14)10-3-2-4-12-7-10/h2-4,7,9H,5-6,8H2,1H3/t9-/m0/s1. The van der Waals surface area contributed by atoms with E-state index in [1.165, 1.54) is 0 Å². The van der Waals surface area contributed by atoms with Crippen LogP contribution < -0.4 is 0 Å². The van der Waals surface area contributed by atoms with Gasteiger partial charge in [0.1, 0.15) is 0 Å². The molecule has 2 heterocycles. The van der Waals surface area contributed by atoms with Crippen molar-refractivity contribution in [3.8, 4) is 0 Å². The van der Waals surface area contributed by atoms with Crippen molar-refractivity contribution in [3.05, 3.63) is 30.1 Å². The predicted molar refractivity (Wildman–Crippen MR) is 55.6 cm³/mol. The van der Waals surface area contributed by atoms with E-state index in [0.29, 0.717) is 25.3 Å². The Morgan fingerprint density at radius 3 is 3.20 bits per heavy atom. The number of hydrogen-bond donors (Lipinski definition) is 0. The van der Waals surface area contributed by atoms with E-state index >= 15 is 0 Å². The third kappa shape index (κ3) is 2.33. The fourth-order valence-electron chi connectivity index (χ4n) is 1.67. The largest absolute Gasteiger partial charge is 0.375 e. The SMILES string of the molecule is C[C@H]1CN(C(=O)c2cccnc2)CCO1. The fraction of sp³-hybridized carbons (Fsp3) is 0.455. The molecule has 1 aliphatic rings. The predicted octanol–water partition coefficient (Wildman–Crippen LogP) is 0.943. The van der Waals surface area contributed by atoms with Crippen LogP contribution in [0.25, 0.3) is 0 Å². The van der Waals surface area contributed by atoms with Gasteiger partial charge in [-0.3, -0.25) is 9.78 Å². The van der Waals surface area contributed by atoms with E-state index in [2.05, 4.69) is 4.98 Å². The van der Waals surface area contributed by atoms with Gasteiger partial charge < -0.3 is 9.64 Å². The molecule has 0 spiro atoms. The average molecular weight is 206 g/mol. The number of carbonyl (C=O) groups is 1. The first-order valence-corrected chi connectivity index (χ1v) is 5.08. The molecule has 0 radical (unpaired) electrons. The zero-order valence-corrected chi connectivity index (χ0v) is 8.72. The summed E-state index contributed by atoms with van der Waals surface area (Å²) in [5.74, 6) is 0.0400. The molecular formula is C11H14N2O2. The molecule has 4 nitrogen and oxygen atoms in total. The molecule has 2 rings (SSSR count). The van der Waals surface area contributed by atoms with Crippen molar-refractivity contribution in [2.24, 2.45) is 0 Å². The number of morpholine rings is 1. The van der Waals surface area contributed by atoms with Crippen molar-refractivity contribution in [3.63, 3.8) is 0 Å². The lowest BCUT2D eigenvalue weighted by molar-refractivity contribution is -0.0124. The molecular weight excluding hydrogens is 192 g/mol. The van der Waals surface area contributed by atoms with Gasteiger partial charge in [0.05, 0.1) is 18.3 Å². The molecule has 1 aromatic rings. The molecule has 1 atom stereocenters. The highest BCUT2D eigenvalue weighted by Gasteiger charge is 2.22. The Morgan fingerprint density at radius 1 is 1.67 bits per heavy atom. The molecule has 0 N–H and O–H groups in total. The summed E-state index contributed by atoms with van der Waals surface area (Å²) >= 11 is 0. The number of nitrogens with zero attached hydrogens (tertiary/aromatic N) is 2. The molecule has 4 heteroatoms. The minimum atomic E-state index is 0.0400. The quantitative estimate of drug-likeness (QED) is 0.686. The van der Waals surface area contributed by atoms with Crippen LogP contribution in [0.3, 0.4) is 0 Å². The summed E-state index contributed by atoms with van der Waals surface area (Å²) in [5.41, 5.74) is 0.645. The number of amides is 1. The normalized spacial score (nSPS) is 21.4. The zero-order valence-electron chi connectivity index (χ0n) is 8.72. The van der Waals surface area contributed by atoms with Gasteiger partial charge in [-0.2, -0.15) is 0 Å². The Morgan fingerprint density at radius 2 is 2.53 bits per heavy atom. The molecule has 1 saturated heterocycles. The first-order valence-electron chi connectivity index (χ1n) is 5.08. The summed E-state index contributed by atoms with van der Waals surface area (Å²) in [7, 11) is 0. The van der Waals surface area contributed by atoms with Crippen LogP contribution in [0.4, 0.5) is 0 Å². The van der Waals surface area contributed by atoms with Crippen molar-refractivity contribution in [2.45, 2.75) is 13.0 Å². The Balaban J connectivity index is 2.08. The molecule has 0 saturated carbocycles. The van der Waals surface area contributed by atoms with E-state index < -0.39 is 0 Å². The van der Waals surface area contributed by atoms with Gasteiger partial charge in [0.25, 0.3) is 5.91 Å². The van der Waals surface area contributed by atoms with E-state index in [1.54, 1.807) is 24.5 Å². The summed E-state index contributed by atoms with van der Waals surface area (Å²) in [4.78, 5) is 17.7. The van der Waals surface area contributed by atoms with Gasteiger partial charge in [-0.05, 0) is 19.1 Å². The summed E-state index contributed by atoms with van der Waals surface area (Å²) in [6, 6.07) is 3.56. The Kier molecular flexibility index (Phi) is 2.97. The number of pyridine rings is 1. The second kappa shape index (κ2) is 4.40. The molecule has 80 valence electrons. The van der Waals surface area contributed by atoms with Crippen molar-refractivity contribution < 1.29 is 9.53 Å². The van der Waals surface area contributed by atoms with Crippen molar-refractivity contribution in [2.75, 3.05) is 19.7 Å². The molecule has 15 heavy (non-hydrogen) atoms. The molecule has 1 aliphatic heterocycles. The van der Waals surface area contributed by atoms with E-state index in [4.69, 9.17) is 4.74 Å². The topological polar surface area (TPSA) is 42.4 Å². The third-order valence-electron chi connectivity index (χ3n) is 2.44. The van der Waals surface area contributed by atoms with E-state index in [-0.39, 0.29) is 12.0 Å². The number of carbonyl (C=O) groups excluding carboxylic acids is 1. The lowest BCUT2D eigenvalue weighted by Gasteiger charge is -2.31. The van der Waals surface area contributed by atoms with E-state index in [0.717, 1.165) is 0 Å². The minimum absolute atomic E-state index is 0.0400. The molecule has 0 unspecified atom stereocenters. The Bertz CT molecular complexity index is 340. The van der Waals surface area contributed by atoms with Crippen molar-refractivity contribution >= 4 is 5.91 Å². The number of ether oxygens (including phenoxy) is 1. The maximum absolute atomic E-state index is 12.0. The van der Waals surface area contributed by atoms with Gasteiger partial charge in [0.15, 0.2) is 0 Å². The Labute approximate surface area is 88.9 Å². The van der Waals surface area contributed by atoms with Gasteiger partial charge in [-0.15, -0.1) is 0 Å². The molecule has 1 aromatic heterocycles. The van der Waals surface area contributed by atoms with Gasteiger partial charge in [0.2, 0.25) is 0 Å². The zero-order chi connectivity index (χ0) is 10.7.